The average molecular weight is 276 g/mol. The Labute approximate surface area is 99.1 Å². The van der Waals surface area contributed by atoms with Crippen LogP contribution in [0.2, 0.25) is 0 Å². The molecule has 1 rings (SSSR count). The molecule has 6 nitrogen and oxygen atoms in total. The van der Waals surface area contributed by atoms with Crippen molar-refractivity contribution in [2.75, 3.05) is 6.61 Å². The summed E-state index contributed by atoms with van der Waals surface area (Å²) in [5, 5.41) is 1.34. The zero-order valence-electron chi connectivity index (χ0n) is 8.60. The lowest BCUT2D eigenvalue weighted by molar-refractivity contribution is -0.144. The number of guanidine groups is 2. The van der Waals surface area contributed by atoms with E-state index in [0.29, 0.717) is 0 Å². The summed E-state index contributed by atoms with van der Waals surface area (Å²) in [5.74, 6) is 2.61. The number of hydroxylamine groups is 2. The summed E-state index contributed by atoms with van der Waals surface area (Å²) in [6, 6.07) is 0. The number of rotatable bonds is 2. The van der Waals surface area contributed by atoms with Gasteiger partial charge in [-0.3, -0.25) is 4.84 Å². The molecule has 0 aromatic carbocycles. The first-order valence-corrected chi connectivity index (χ1v) is 4.03. The molecule has 0 spiro atoms. The van der Waals surface area contributed by atoms with E-state index >= 15 is 0 Å². The molecule has 0 amide bonds. The molecule has 0 aromatic heterocycles. The van der Waals surface area contributed by atoms with Crippen LogP contribution in [-0.4, -0.2) is 29.3 Å². The first-order chi connectivity index (χ1) is 6.47. The van der Waals surface area contributed by atoms with E-state index in [9.17, 15) is 0 Å². The highest BCUT2D eigenvalue weighted by molar-refractivity contribution is 8.93. The average Bonchev–Trinajstić information content (AvgIpc) is 2.00. The van der Waals surface area contributed by atoms with Crippen LogP contribution in [0.1, 0.15) is 13.8 Å². The van der Waals surface area contributed by atoms with Gasteiger partial charge in [-0.05, 0) is 13.8 Å². The van der Waals surface area contributed by atoms with Crippen molar-refractivity contribution in [3.05, 3.63) is 0 Å². The minimum atomic E-state index is -0.688. The summed E-state index contributed by atoms with van der Waals surface area (Å²) in [7, 11) is 0. The van der Waals surface area contributed by atoms with Crippen LogP contribution in [0.5, 0.6) is 0 Å². The van der Waals surface area contributed by atoms with E-state index in [1.54, 1.807) is 13.8 Å². The van der Waals surface area contributed by atoms with Crippen LogP contribution in [0.25, 0.3) is 0 Å². The lowest BCUT2D eigenvalue weighted by Gasteiger charge is -2.36. The maximum absolute atomic E-state index is 5.61. The quantitative estimate of drug-likeness (QED) is 0.684. The standard InChI is InChI=1S/C8H13N5O.BrH/c1-4-5-14-13-7(10)11-6(9)12-8(13,2)3;/h1H,5H2,2-3H3,(H4,9,10,11,12);1H. The molecule has 1 aliphatic heterocycles. The van der Waals surface area contributed by atoms with Crippen molar-refractivity contribution in [3.8, 4) is 12.3 Å². The summed E-state index contributed by atoms with van der Waals surface area (Å²) >= 11 is 0. The zero-order chi connectivity index (χ0) is 10.8. The fraction of sp³-hybridized carbons (Fsp3) is 0.500. The van der Waals surface area contributed by atoms with E-state index in [1.165, 1.54) is 5.06 Å². The second-order valence-corrected chi connectivity index (χ2v) is 3.21. The van der Waals surface area contributed by atoms with Gasteiger partial charge in [-0.25, -0.2) is 4.99 Å². The van der Waals surface area contributed by atoms with Crippen LogP contribution in [0.4, 0.5) is 0 Å². The molecule has 84 valence electrons. The summed E-state index contributed by atoms with van der Waals surface area (Å²) in [6.07, 6.45) is 5.06. The van der Waals surface area contributed by atoms with Crippen molar-refractivity contribution in [3.63, 3.8) is 0 Å². The lowest BCUT2D eigenvalue weighted by atomic mass is 10.2. The van der Waals surface area contributed by atoms with Gasteiger partial charge in [0.05, 0.1) is 0 Å². The Bertz CT molecular complexity index is 330. The molecule has 7 heteroatoms. The molecule has 0 saturated carbocycles. The molecule has 0 fully saturated rings. The third-order valence-electron chi connectivity index (χ3n) is 1.60. The van der Waals surface area contributed by atoms with Crippen LogP contribution in [0, 0.1) is 12.3 Å². The fourth-order valence-corrected chi connectivity index (χ4v) is 1.12. The van der Waals surface area contributed by atoms with Gasteiger partial charge >= 0.3 is 0 Å². The maximum atomic E-state index is 5.61. The number of nitrogens with zero attached hydrogens (tertiary/aromatic N) is 3. The summed E-state index contributed by atoms with van der Waals surface area (Å²) < 4.78 is 0. The van der Waals surface area contributed by atoms with Crippen molar-refractivity contribution in [2.45, 2.75) is 19.5 Å². The number of hydrogen-bond donors (Lipinski definition) is 2. The van der Waals surface area contributed by atoms with Gasteiger partial charge in [-0.15, -0.1) is 23.4 Å². The van der Waals surface area contributed by atoms with Crippen LogP contribution in [-0.2, 0) is 4.84 Å². The summed E-state index contributed by atoms with van der Waals surface area (Å²) in [6.45, 7) is 3.69. The molecule has 4 N–H and O–H groups in total. The third-order valence-corrected chi connectivity index (χ3v) is 1.60. The molecule has 0 aromatic rings. The van der Waals surface area contributed by atoms with Gasteiger partial charge in [0.25, 0.3) is 0 Å². The minimum absolute atomic E-state index is 0. The van der Waals surface area contributed by atoms with E-state index < -0.39 is 5.66 Å². The summed E-state index contributed by atoms with van der Waals surface area (Å²) in [5.41, 5.74) is 10.4. The molecule has 1 aliphatic rings. The van der Waals surface area contributed by atoms with Crippen molar-refractivity contribution in [2.24, 2.45) is 21.5 Å². The molecule has 0 bridgehead atoms. The van der Waals surface area contributed by atoms with Gasteiger partial charge in [-0.1, -0.05) is 5.92 Å². The van der Waals surface area contributed by atoms with Crippen molar-refractivity contribution < 1.29 is 4.84 Å². The Morgan fingerprint density at radius 2 is 2.13 bits per heavy atom. The Morgan fingerprint density at radius 3 is 2.60 bits per heavy atom. The van der Waals surface area contributed by atoms with Gasteiger partial charge in [0, 0.05) is 0 Å². The largest absolute Gasteiger partial charge is 0.368 e. The highest BCUT2D eigenvalue weighted by Gasteiger charge is 2.32. The highest BCUT2D eigenvalue weighted by Crippen LogP contribution is 2.19. The van der Waals surface area contributed by atoms with E-state index in [2.05, 4.69) is 15.9 Å². The molecule has 15 heavy (non-hydrogen) atoms. The molecular weight excluding hydrogens is 262 g/mol. The fourth-order valence-electron chi connectivity index (χ4n) is 1.12. The Kier molecular flexibility index (Phi) is 4.58. The lowest BCUT2D eigenvalue weighted by Crippen LogP contribution is -2.53. The zero-order valence-corrected chi connectivity index (χ0v) is 10.3. The van der Waals surface area contributed by atoms with Gasteiger partial charge in [0.2, 0.25) is 11.9 Å². The van der Waals surface area contributed by atoms with Gasteiger partial charge in [-0.2, -0.15) is 10.1 Å². The Morgan fingerprint density at radius 1 is 1.53 bits per heavy atom. The first kappa shape index (κ1) is 13.7. The third kappa shape index (κ3) is 3.11. The van der Waals surface area contributed by atoms with E-state index in [4.69, 9.17) is 22.7 Å². The molecule has 0 atom stereocenters. The minimum Gasteiger partial charge on any atom is -0.368 e. The van der Waals surface area contributed by atoms with Gasteiger partial charge in [0.1, 0.15) is 6.61 Å². The van der Waals surface area contributed by atoms with Crippen LogP contribution >= 0.6 is 17.0 Å². The summed E-state index contributed by atoms with van der Waals surface area (Å²) in [4.78, 5) is 13.0. The molecule has 0 aliphatic carbocycles. The predicted octanol–water partition coefficient (Wildman–Crippen LogP) is -0.190. The highest BCUT2D eigenvalue weighted by atomic mass is 79.9. The van der Waals surface area contributed by atoms with Gasteiger partial charge in [0.15, 0.2) is 5.66 Å². The number of hydrogen-bond acceptors (Lipinski definition) is 6. The topological polar surface area (TPSA) is 89.2 Å². The predicted molar refractivity (Wildman–Crippen MR) is 64.3 cm³/mol. The first-order valence-electron chi connectivity index (χ1n) is 4.03. The molecular formula is C8H14BrN5O. The molecule has 0 saturated heterocycles. The van der Waals surface area contributed by atoms with E-state index in [1.807, 2.05) is 0 Å². The van der Waals surface area contributed by atoms with Crippen molar-refractivity contribution in [1.29, 1.82) is 0 Å². The van der Waals surface area contributed by atoms with Crippen LogP contribution in [0.3, 0.4) is 0 Å². The SMILES string of the molecule is Br.C#CCON1C(N)=NC(N)=NC1(C)C. The Balaban J connectivity index is 0.00000196. The molecule has 1 heterocycles. The number of halogens is 1. The van der Waals surface area contributed by atoms with Gasteiger partial charge < -0.3 is 11.5 Å². The number of nitrogens with two attached hydrogens (primary N) is 2. The smallest absolute Gasteiger partial charge is 0.226 e. The second-order valence-electron chi connectivity index (χ2n) is 3.21. The Hall–Kier alpha value is -1.26. The second kappa shape index (κ2) is 5.00. The molecule has 0 unspecified atom stereocenters. The number of aliphatic imine (C=N–C) groups is 2. The monoisotopic (exact) mass is 275 g/mol. The van der Waals surface area contributed by atoms with Crippen molar-refractivity contribution >= 4 is 28.9 Å². The van der Waals surface area contributed by atoms with Crippen LogP contribution < -0.4 is 11.5 Å². The van der Waals surface area contributed by atoms with E-state index in [-0.39, 0.29) is 35.5 Å². The molecule has 0 radical (unpaired) electrons. The van der Waals surface area contributed by atoms with Crippen molar-refractivity contribution in [1.82, 2.24) is 5.06 Å². The van der Waals surface area contributed by atoms with Crippen LogP contribution in [0.15, 0.2) is 9.98 Å². The van der Waals surface area contributed by atoms with E-state index in [0.717, 1.165) is 0 Å². The number of terminal acetylenes is 1. The maximum Gasteiger partial charge on any atom is 0.226 e. The normalized spacial score (nSPS) is 18.3.